The van der Waals surface area contributed by atoms with Crippen LogP contribution in [0.2, 0.25) is 0 Å². The van der Waals surface area contributed by atoms with Gasteiger partial charge in [0.2, 0.25) is 0 Å². The van der Waals surface area contributed by atoms with Gasteiger partial charge in [-0.2, -0.15) is 0 Å². The molecule has 2 aromatic heterocycles. The van der Waals surface area contributed by atoms with E-state index in [2.05, 4.69) is 20.3 Å². The van der Waals surface area contributed by atoms with Crippen molar-refractivity contribution >= 4 is 17.5 Å². The van der Waals surface area contributed by atoms with Gasteiger partial charge in [0.1, 0.15) is 17.5 Å². The van der Waals surface area contributed by atoms with E-state index in [0.29, 0.717) is 6.54 Å². The molecular weight excluding hydrogens is 338 g/mol. The molecule has 4 rings (SSSR count). The number of hydrogen-bond donors (Lipinski definition) is 1. The molecule has 6 nitrogen and oxygen atoms in total. The van der Waals surface area contributed by atoms with Gasteiger partial charge in [-0.3, -0.25) is 4.79 Å². The highest BCUT2D eigenvalue weighted by molar-refractivity contribution is 5.94. The van der Waals surface area contributed by atoms with Crippen LogP contribution in [-0.4, -0.2) is 38.8 Å². The molecule has 1 atom stereocenters. The number of aryl methyl sites for hydroxylation is 1. The lowest BCUT2D eigenvalue weighted by atomic mass is 10.1. The minimum absolute atomic E-state index is 0.0672. The minimum atomic E-state index is 0.0672. The highest BCUT2D eigenvalue weighted by Crippen LogP contribution is 2.27. The summed E-state index contributed by atoms with van der Waals surface area (Å²) in [6.07, 6.45) is 2.60. The van der Waals surface area contributed by atoms with Crippen molar-refractivity contribution in [3.8, 4) is 0 Å². The molecule has 1 saturated heterocycles. The number of rotatable bonds is 4. The maximum absolute atomic E-state index is 12.7. The third-order valence-corrected chi connectivity index (χ3v) is 4.65. The zero-order chi connectivity index (χ0) is 18.6. The number of likely N-dealkylation sites (tertiary alicyclic amines) is 1. The van der Waals surface area contributed by atoms with Gasteiger partial charge in [0, 0.05) is 42.5 Å². The van der Waals surface area contributed by atoms with E-state index >= 15 is 0 Å². The number of anilines is 2. The van der Waals surface area contributed by atoms with E-state index in [4.69, 9.17) is 0 Å². The van der Waals surface area contributed by atoms with Gasteiger partial charge in [-0.25, -0.2) is 15.0 Å². The molecule has 1 aromatic carbocycles. The first-order valence-electron chi connectivity index (χ1n) is 9.07. The Balaban J connectivity index is 1.50. The molecule has 3 aromatic rings. The molecule has 1 amide bonds. The van der Waals surface area contributed by atoms with Crippen molar-refractivity contribution in [3.05, 3.63) is 77.9 Å². The molecule has 6 heteroatoms. The van der Waals surface area contributed by atoms with Crippen LogP contribution >= 0.6 is 0 Å². The summed E-state index contributed by atoms with van der Waals surface area (Å²) in [5.74, 6) is 2.45. The Labute approximate surface area is 158 Å². The van der Waals surface area contributed by atoms with Crippen molar-refractivity contribution in [1.82, 2.24) is 19.9 Å². The van der Waals surface area contributed by atoms with Crippen LogP contribution in [0.4, 0.5) is 11.6 Å². The standard InChI is InChI=1S/C21H21N5O/c1-15-13-19(24-18-9-5-6-11-22-18)25-20(23-15)17-10-12-26(14-17)21(27)16-7-3-2-4-8-16/h2-9,11,13,17H,10,12,14H2,1H3,(H,22,23,24,25)/t17-/m0/s1. The second-order valence-corrected chi connectivity index (χ2v) is 6.70. The number of pyridine rings is 1. The Morgan fingerprint density at radius 1 is 1.07 bits per heavy atom. The SMILES string of the molecule is Cc1cc(Nc2ccccn2)nc([C@H]2CCN(C(=O)c3ccccc3)C2)n1. The van der Waals surface area contributed by atoms with Crippen LogP contribution in [-0.2, 0) is 0 Å². The van der Waals surface area contributed by atoms with Gasteiger partial charge in [-0.05, 0) is 37.6 Å². The molecule has 3 heterocycles. The largest absolute Gasteiger partial charge is 0.338 e. The Morgan fingerprint density at radius 3 is 2.67 bits per heavy atom. The maximum atomic E-state index is 12.7. The van der Waals surface area contributed by atoms with Crippen molar-refractivity contribution in [3.63, 3.8) is 0 Å². The number of hydrogen-bond acceptors (Lipinski definition) is 5. The van der Waals surface area contributed by atoms with E-state index in [0.717, 1.165) is 41.7 Å². The minimum Gasteiger partial charge on any atom is -0.338 e. The summed E-state index contributed by atoms with van der Waals surface area (Å²) in [6.45, 7) is 3.32. The van der Waals surface area contributed by atoms with Gasteiger partial charge in [-0.15, -0.1) is 0 Å². The Kier molecular flexibility index (Phi) is 4.78. The Morgan fingerprint density at radius 2 is 1.89 bits per heavy atom. The Bertz CT molecular complexity index is 930. The highest BCUT2D eigenvalue weighted by Gasteiger charge is 2.30. The highest BCUT2D eigenvalue weighted by atomic mass is 16.2. The summed E-state index contributed by atoms with van der Waals surface area (Å²) in [5.41, 5.74) is 1.62. The summed E-state index contributed by atoms with van der Waals surface area (Å²) >= 11 is 0. The first-order chi connectivity index (χ1) is 13.2. The number of carbonyl (C=O) groups excluding carboxylic acids is 1. The van der Waals surface area contributed by atoms with Gasteiger partial charge in [0.25, 0.3) is 5.91 Å². The normalized spacial score (nSPS) is 16.3. The van der Waals surface area contributed by atoms with Crippen molar-refractivity contribution < 1.29 is 4.79 Å². The molecule has 136 valence electrons. The molecular formula is C21H21N5O. The third-order valence-electron chi connectivity index (χ3n) is 4.65. The van der Waals surface area contributed by atoms with Crippen LogP contribution in [0.1, 0.15) is 34.2 Å². The average Bonchev–Trinajstić information content (AvgIpc) is 3.19. The summed E-state index contributed by atoms with van der Waals surface area (Å²) in [4.78, 5) is 28.1. The molecule has 1 aliphatic heterocycles. The molecule has 0 unspecified atom stereocenters. The van der Waals surface area contributed by atoms with Gasteiger partial charge < -0.3 is 10.2 Å². The predicted molar refractivity (Wildman–Crippen MR) is 104 cm³/mol. The number of amides is 1. The quantitative estimate of drug-likeness (QED) is 0.771. The van der Waals surface area contributed by atoms with E-state index in [1.165, 1.54) is 0 Å². The molecule has 1 fully saturated rings. The number of nitrogens with one attached hydrogen (secondary N) is 1. The molecule has 0 radical (unpaired) electrons. The van der Waals surface area contributed by atoms with Crippen molar-refractivity contribution in [2.24, 2.45) is 0 Å². The lowest BCUT2D eigenvalue weighted by Gasteiger charge is -2.16. The second-order valence-electron chi connectivity index (χ2n) is 6.70. The van der Waals surface area contributed by atoms with Crippen LogP contribution in [0.5, 0.6) is 0 Å². The summed E-state index contributed by atoms with van der Waals surface area (Å²) in [7, 11) is 0. The van der Waals surface area contributed by atoms with Crippen molar-refractivity contribution in [1.29, 1.82) is 0 Å². The molecule has 0 bridgehead atoms. The van der Waals surface area contributed by atoms with Crippen LogP contribution in [0.15, 0.2) is 60.8 Å². The second kappa shape index (κ2) is 7.53. The molecule has 0 saturated carbocycles. The van der Waals surface area contributed by atoms with Gasteiger partial charge in [-0.1, -0.05) is 24.3 Å². The number of nitrogens with zero attached hydrogens (tertiary/aromatic N) is 4. The smallest absolute Gasteiger partial charge is 0.253 e. The topological polar surface area (TPSA) is 71.0 Å². The summed E-state index contributed by atoms with van der Waals surface area (Å²) in [5, 5.41) is 3.23. The number of aromatic nitrogens is 3. The van der Waals surface area contributed by atoms with Crippen molar-refractivity contribution in [2.45, 2.75) is 19.3 Å². The first kappa shape index (κ1) is 17.1. The Hall–Kier alpha value is -3.28. The van der Waals surface area contributed by atoms with E-state index in [1.807, 2.05) is 66.4 Å². The van der Waals surface area contributed by atoms with E-state index in [9.17, 15) is 4.79 Å². The third kappa shape index (κ3) is 3.95. The van der Waals surface area contributed by atoms with Crippen LogP contribution in [0.3, 0.4) is 0 Å². The lowest BCUT2D eigenvalue weighted by molar-refractivity contribution is 0.0790. The van der Waals surface area contributed by atoms with E-state index in [-0.39, 0.29) is 11.8 Å². The first-order valence-corrected chi connectivity index (χ1v) is 9.07. The maximum Gasteiger partial charge on any atom is 0.253 e. The lowest BCUT2D eigenvalue weighted by Crippen LogP contribution is -2.28. The summed E-state index contributed by atoms with van der Waals surface area (Å²) in [6, 6.07) is 17.0. The monoisotopic (exact) mass is 359 g/mol. The van der Waals surface area contributed by atoms with Gasteiger partial charge in [0.15, 0.2) is 0 Å². The molecule has 27 heavy (non-hydrogen) atoms. The van der Waals surface area contributed by atoms with Crippen LogP contribution in [0, 0.1) is 6.92 Å². The molecule has 1 aliphatic rings. The van der Waals surface area contributed by atoms with Crippen LogP contribution < -0.4 is 5.32 Å². The predicted octanol–water partition coefficient (Wildman–Crippen LogP) is 3.55. The molecule has 0 aliphatic carbocycles. The average molecular weight is 359 g/mol. The van der Waals surface area contributed by atoms with E-state index in [1.54, 1.807) is 6.20 Å². The fraction of sp³-hybridized carbons (Fsp3) is 0.238. The fourth-order valence-electron chi connectivity index (χ4n) is 3.32. The zero-order valence-electron chi connectivity index (χ0n) is 15.2. The van der Waals surface area contributed by atoms with Gasteiger partial charge in [0.05, 0.1) is 0 Å². The molecule has 0 spiro atoms. The fourth-order valence-corrected chi connectivity index (χ4v) is 3.32. The number of benzene rings is 1. The van der Waals surface area contributed by atoms with Crippen molar-refractivity contribution in [2.75, 3.05) is 18.4 Å². The zero-order valence-corrected chi connectivity index (χ0v) is 15.2. The summed E-state index contributed by atoms with van der Waals surface area (Å²) < 4.78 is 0. The van der Waals surface area contributed by atoms with Crippen LogP contribution in [0.25, 0.3) is 0 Å². The molecule has 1 N–H and O–H groups in total. The van der Waals surface area contributed by atoms with Gasteiger partial charge >= 0.3 is 0 Å². The van der Waals surface area contributed by atoms with E-state index < -0.39 is 0 Å². The number of carbonyl (C=O) groups is 1.